The Morgan fingerprint density at radius 3 is 2.88 bits per heavy atom. The largest absolute Gasteiger partial charge is 0.310 e. The van der Waals surface area contributed by atoms with Crippen molar-refractivity contribution < 1.29 is 4.39 Å². The summed E-state index contributed by atoms with van der Waals surface area (Å²) in [4.78, 5) is 0. The second-order valence-corrected chi connectivity index (χ2v) is 4.70. The number of nitrogens with one attached hydrogen (secondary N) is 1. The molecule has 1 aromatic carbocycles. The highest BCUT2D eigenvalue weighted by atomic mass is 19.1. The molecule has 2 rings (SSSR count). The zero-order valence-electron chi connectivity index (χ0n) is 10.4. The van der Waals surface area contributed by atoms with Gasteiger partial charge in [-0.2, -0.15) is 0 Å². The lowest BCUT2D eigenvalue weighted by Gasteiger charge is -2.15. The van der Waals surface area contributed by atoms with E-state index in [1.54, 1.807) is 11.6 Å². The predicted octanol–water partition coefficient (Wildman–Crippen LogP) is 3.98. The molecule has 1 aromatic rings. The van der Waals surface area contributed by atoms with Gasteiger partial charge in [-0.15, -0.1) is 0 Å². The van der Waals surface area contributed by atoms with E-state index in [1.807, 2.05) is 19.1 Å². The van der Waals surface area contributed by atoms with Gasteiger partial charge >= 0.3 is 0 Å². The molecule has 1 N–H and O–H groups in total. The fourth-order valence-corrected chi connectivity index (χ4v) is 2.35. The Kier molecular flexibility index (Phi) is 4.32. The summed E-state index contributed by atoms with van der Waals surface area (Å²) in [6, 6.07) is 7.07. The molecule has 1 atom stereocenters. The molecule has 0 aliphatic heterocycles. The highest BCUT2D eigenvalue weighted by Gasteiger charge is 2.10. The lowest BCUT2D eigenvalue weighted by molar-refractivity contribution is 0.529. The molecule has 0 radical (unpaired) electrons. The van der Waals surface area contributed by atoms with E-state index >= 15 is 0 Å². The van der Waals surface area contributed by atoms with Crippen molar-refractivity contribution in [3.05, 3.63) is 47.3 Å². The lowest BCUT2D eigenvalue weighted by Crippen LogP contribution is -2.21. The summed E-state index contributed by atoms with van der Waals surface area (Å²) in [6.45, 7) is 2.95. The zero-order valence-corrected chi connectivity index (χ0v) is 10.4. The summed E-state index contributed by atoms with van der Waals surface area (Å²) in [6.07, 6.45) is 7.22. The summed E-state index contributed by atoms with van der Waals surface area (Å²) in [5, 5.41) is 3.39. The van der Waals surface area contributed by atoms with Crippen LogP contribution in [0, 0.1) is 5.82 Å². The van der Waals surface area contributed by atoms with Gasteiger partial charge in [-0.05, 0) is 45.2 Å². The third kappa shape index (κ3) is 3.40. The van der Waals surface area contributed by atoms with Crippen molar-refractivity contribution in [3.8, 4) is 0 Å². The minimum Gasteiger partial charge on any atom is -0.310 e. The maximum Gasteiger partial charge on any atom is 0.127 e. The quantitative estimate of drug-likeness (QED) is 0.759. The molecular weight excluding hydrogens is 213 g/mol. The number of rotatable bonds is 5. The van der Waals surface area contributed by atoms with Crippen molar-refractivity contribution >= 4 is 0 Å². The minimum absolute atomic E-state index is 0.0817. The predicted molar refractivity (Wildman–Crippen MR) is 69.4 cm³/mol. The monoisotopic (exact) mass is 233 g/mol. The Morgan fingerprint density at radius 1 is 1.35 bits per heavy atom. The van der Waals surface area contributed by atoms with Gasteiger partial charge in [0, 0.05) is 11.6 Å². The van der Waals surface area contributed by atoms with E-state index in [1.165, 1.54) is 25.3 Å². The fourth-order valence-electron chi connectivity index (χ4n) is 2.35. The van der Waals surface area contributed by atoms with Gasteiger partial charge in [-0.25, -0.2) is 4.39 Å². The second kappa shape index (κ2) is 5.97. The topological polar surface area (TPSA) is 12.0 Å². The smallest absolute Gasteiger partial charge is 0.127 e. The SMILES string of the molecule is CC(NCCC1=CCCC1)c1ccccc1F. The van der Waals surface area contributed by atoms with Crippen LogP contribution in [-0.4, -0.2) is 6.54 Å². The average Bonchev–Trinajstić information content (AvgIpc) is 2.82. The fraction of sp³-hybridized carbons (Fsp3) is 0.467. The van der Waals surface area contributed by atoms with Crippen LogP contribution in [0.1, 0.15) is 44.2 Å². The third-order valence-electron chi connectivity index (χ3n) is 3.40. The van der Waals surface area contributed by atoms with Crippen molar-refractivity contribution in [1.82, 2.24) is 5.32 Å². The van der Waals surface area contributed by atoms with Crippen LogP contribution in [-0.2, 0) is 0 Å². The van der Waals surface area contributed by atoms with Crippen LogP contribution in [0.3, 0.4) is 0 Å². The summed E-state index contributed by atoms with van der Waals surface area (Å²) in [5.74, 6) is -0.118. The Bertz CT molecular complexity index is 398. The molecule has 17 heavy (non-hydrogen) atoms. The van der Waals surface area contributed by atoms with Crippen molar-refractivity contribution in [2.24, 2.45) is 0 Å². The van der Waals surface area contributed by atoms with Crippen LogP contribution in [0.25, 0.3) is 0 Å². The van der Waals surface area contributed by atoms with E-state index in [0.717, 1.165) is 18.5 Å². The van der Waals surface area contributed by atoms with E-state index in [-0.39, 0.29) is 11.9 Å². The molecule has 1 nitrogen and oxygen atoms in total. The van der Waals surface area contributed by atoms with E-state index in [4.69, 9.17) is 0 Å². The van der Waals surface area contributed by atoms with Gasteiger partial charge in [-0.1, -0.05) is 29.8 Å². The summed E-state index contributed by atoms with van der Waals surface area (Å²) in [7, 11) is 0. The standard InChI is InChI=1S/C15H20FN/c1-12(14-8-4-5-9-15(14)16)17-11-10-13-6-2-3-7-13/h4-6,8-9,12,17H,2-3,7,10-11H2,1H3. The zero-order chi connectivity index (χ0) is 12.1. The highest BCUT2D eigenvalue weighted by Crippen LogP contribution is 2.21. The maximum atomic E-state index is 13.5. The molecule has 1 unspecified atom stereocenters. The Morgan fingerprint density at radius 2 is 2.18 bits per heavy atom. The lowest BCUT2D eigenvalue weighted by atomic mass is 10.1. The molecule has 0 saturated heterocycles. The molecule has 92 valence electrons. The molecular formula is C15H20FN. The van der Waals surface area contributed by atoms with Crippen molar-refractivity contribution in [3.63, 3.8) is 0 Å². The second-order valence-electron chi connectivity index (χ2n) is 4.70. The minimum atomic E-state index is -0.118. The molecule has 0 aromatic heterocycles. The summed E-state index contributed by atoms with van der Waals surface area (Å²) >= 11 is 0. The van der Waals surface area contributed by atoms with Gasteiger partial charge in [0.2, 0.25) is 0 Å². The molecule has 0 saturated carbocycles. The first-order valence-corrected chi connectivity index (χ1v) is 6.43. The summed E-state index contributed by atoms with van der Waals surface area (Å²) in [5.41, 5.74) is 2.31. The van der Waals surface area contributed by atoms with Crippen LogP contribution in [0.5, 0.6) is 0 Å². The number of benzene rings is 1. The van der Waals surface area contributed by atoms with Crippen molar-refractivity contribution in [2.75, 3.05) is 6.54 Å². The van der Waals surface area contributed by atoms with Gasteiger partial charge < -0.3 is 5.32 Å². The molecule has 0 amide bonds. The Hall–Kier alpha value is -1.15. The maximum absolute atomic E-state index is 13.5. The van der Waals surface area contributed by atoms with Gasteiger partial charge in [0.15, 0.2) is 0 Å². The molecule has 1 aliphatic carbocycles. The molecule has 1 aliphatic rings. The summed E-state index contributed by atoms with van der Waals surface area (Å²) < 4.78 is 13.5. The van der Waals surface area contributed by atoms with Crippen LogP contribution in [0.4, 0.5) is 4.39 Å². The molecule has 0 spiro atoms. The van der Waals surface area contributed by atoms with E-state index in [9.17, 15) is 4.39 Å². The number of allylic oxidation sites excluding steroid dienone is 1. The molecule has 0 bridgehead atoms. The van der Waals surface area contributed by atoms with E-state index < -0.39 is 0 Å². The Balaban J connectivity index is 1.81. The average molecular weight is 233 g/mol. The van der Waals surface area contributed by atoms with E-state index in [2.05, 4.69) is 11.4 Å². The first-order valence-electron chi connectivity index (χ1n) is 6.43. The highest BCUT2D eigenvalue weighted by molar-refractivity contribution is 5.20. The normalized spacial score (nSPS) is 16.9. The molecule has 0 heterocycles. The molecule has 2 heteroatoms. The Labute approximate surface area is 103 Å². The van der Waals surface area contributed by atoms with Crippen LogP contribution < -0.4 is 5.32 Å². The van der Waals surface area contributed by atoms with Gasteiger partial charge in [0.1, 0.15) is 5.82 Å². The van der Waals surface area contributed by atoms with Crippen molar-refractivity contribution in [1.29, 1.82) is 0 Å². The first-order chi connectivity index (χ1) is 8.27. The number of hydrogen-bond acceptors (Lipinski definition) is 1. The van der Waals surface area contributed by atoms with E-state index in [0.29, 0.717) is 0 Å². The number of hydrogen-bond donors (Lipinski definition) is 1. The number of halogens is 1. The van der Waals surface area contributed by atoms with Gasteiger partial charge in [0.25, 0.3) is 0 Å². The van der Waals surface area contributed by atoms with Crippen LogP contribution >= 0.6 is 0 Å². The van der Waals surface area contributed by atoms with Gasteiger partial charge in [-0.3, -0.25) is 0 Å². The van der Waals surface area contributed by atoms with Crippen LogP contribution in [0.15, 0.2) is 35.9 Å². The van der Waals surface area contributed by atoms with Gasteiger partial charge in [0.05, 0.1) is 0 Å². The third-order valence-corrected chi connectivity index (χ3v) is 3.40. The molecule has 0 fully saturated rings. The van der Waals surface area contributed by atoms with Crippen LogP contribution in [0.2, 0.25) is 0 Å². The van der Waals surface area contributed by atoms with Crippen molar-refractivity contribution in [2.45, 2.75) is 38.6 Å². The first kappa shape index (κ1) is 12.3.